The number of halogens is 2. The monoisotopic (exact) mass is 357 g/mol. The lowest BCUT2D eigenvalue weighted by molar-refractivity contribution is -0.384. The van der Waals surface area contributed by atoms with Crippen LogP contribution in [0.15, 0.2) is 47.4 Å². The summed E-state index contributed by atoms with van der Waals surface area (Å²) in [6, 6.07) is 8.29. The molecule has 0 saturated heterocycles. The Morgan fingerprint density at radius 1 is 1.00 bits per heavy atom. The normalized spacial score (nSPS) is 11.2. The van der Waals surface area contributed by atoms with Gasteiger partial charge in [-0.3, -0.25) is 10.1 Å². The van der Waals surface area contributed by atoms with Gasteiger partial charge in [0.1, 0.15) is 11.6 Å². The second-order valence-corrected chi connectivity index (χ2v) is 6.38. The second-order valence-electron chi connectivity index (χ2n) is 4.68. The van der Waals surface area contributed by atoms with Gasteiger partial charge in [0.05, 0.1) is 4.92 Å². The molecule has 0 fully saturated rings. The predicted octanol–water partition coefficient (Wildman–Crippen LogP) is 2.26. The fraction of sp³-hybridized carbons (Fsp3) is 0.143. The Morgan fingerprint density at radius 3 is 2.12 bits per heavy atom. The lowest BCUT2D eigenvalue weighted by atomic mass is 10.3. The number of nitro groups is 1. The smallest absolute Gasteiger partial charge is 0.269 e. The van der Waals surface area contributed by atoms with Gasteiger partial charge in [-0.05, 0) is 24.3 Å². The first-order valence-corrected chi connectivity index (χ1v) is 8.21. The molecule has 7 nitrogen and oxygen atoms in total. The zero-order valence-electron chi connectivity index (χ0n) is 12.2. The number of rotatable bonds is 7. The number of benzene rings is 2. The molecule has 0 saturated carbocycles. The highest BCUT2D eigenvalue weighted by Crippen LogP contribution is 2.18. The minimum atomic E-state index is -4.32. The molecule has 2 N–H and O–H groups in total. The topological polar surface area (TPSA) is 101 Å². The fourth-order valence-electron chi connectivity index (χ4n) is 1.90. The van der Waals surface area contributed by atoms with Gasteiger partial charge in [-0.2, -0.15) is 0 Å². The van der Waals surface area contributed by atoms with Crippen LogP contribution in [0.5, 0.6) is 0 Å². The molecule has 0 radical (unpaired) electrons. The molecule has 128 valence electrons. The van der Waals surface area contributed by atoms with Gasteiger partial charge in [0.2, 0.25) is 10.0 Å². The van der Waals surface area contributed by atoms with E-state index >= 15 is 0 Å². The van der Waals surface area contributed by atoms with E-state index in [2.05, 4.69) is 10.0 Å². The third-order valence-electron chi connectivity index (χ3n) is 3.01. The molecule has 24 heavy (non-hydrogen) atoms. The summed E-state index contributed by atoms with van der Waals surface area (Å²) in [5.41, 5.74) is 0.466. The molecule has 0 aliphatic carbocycles. The van der Waals surface area contributed by atoms with E-state index in [-0.39, 0.29) is 18.8 Å². The SMILES string of the molecule is O=[N+]([O-])c1ccc(NCCNS(=O)(=O)c2c(F)cccc2F)cc1. The van der Waals surface area contributed by atoms with Gasteiger partial charge in [-0.15, -0.1) is 0 Å². The van der Waals surface area contributed by atoms with Crippen molar-refractivity contribution in [3.63, 3.8) is 0 Å². The van der Waals surface area contributed by atoms with E-state index in [1.807, 2.05) is 0 Å². The van der Waals surface area contributed by atoms with Gasteiger partial charge in [0, 0.05) is 30.9 Å². The van der Waals surface area contributed by atoms with Crippen molar-refractivity contribution in [2.24, 2.45) is 0 Å². The van der Waals surface area contributed by atoms with E-state index in [0.29, 0.717) is 5.69 Å². The maximum atomic E-state index is 13.5. The number of nitrogens with zero attached hydrogens (tertiary/aromatic N) is 1. The third-order valence-corrected chi connectivity index (χ3v) is 4.52. The highest BCUT2D eigenvalue weighted by Gasteiger charge is 2.23. The van der Waals surface area contributed by atoms with Gasteiger partial charge in [-0.25, -0.2) is 21.9 Å². The zero-order chi connectivity index (χ0) is 17.7. The molecule has 0 amide bonds. The number of hydrogen-bond donors (Lipinski definition) is 2. The molecule has 0 atom stereocenters. The Kier molecular flexibility index (Phi) is 5.42. The first-order chi connectivity index (χ1) is 11.3. The van der Waals surface area contributed by atoms with Crippen molar-refractivity contribution in [1.82, 2.24) is 4.72 Å². The van der Waals surface area contributed by atoms with E-state index in [4.69, 9.17) is 0 Å². The van der Waals surface area contributed by atoms with Crippen molar-refractivity contribution in [1.29, 1.82) is 0 Å². The quantitative estimate of drug-likeness (QED) is 0.450. The Morgan fingerprint density at radius 2 is 1.58 bits per heavy atom. The molecule has 2 aromatic rings. The summed E-state index contributed by atoms with van der Waals surface area (Å²) in [4.78, 5) is 8.95. The van der Waals surface area contributed by atoms with Crippen LogP contribution in [-0.4, -0.2) is 26.4 Å². The standard InChI is InChI=1S/C14H13F2N3O4S/c15-12-2-1-3-13(16)14(12)24(22,23)18-9-8-17-10-4-6-11(7-5-10)19(20)21/h1-7,17-18H,8-9H2. The van der Waals surface area contributed by atoms with E-state index < -0.39 is 31.5 Å². The number of nitro benzene ring substituents is 1. The van der Waals surface area contributed by atoms with Crippen LogP contribution in [0.4, 0.5) is 20.2 Å². The largest absolute Gasteiger partial charge is 0.384 e. The molecule has 0 spiro atoms. The molecule has 0 unspecified atom stereocenters. The highest BCUT2D eigenvalue weighted by molar-refractivity contribution is 7.89. The molecular weight excluding hydrogens is 344 g/mol. The fourth-order valence-corrected chi connectivity index (χ4v) is 3.07. The molecule has 0 bridgehead atoms. The average molecular weight is 357 g/mol. The Hall–Kier alpha value is -2.59. The van der Waals surface area contributed by atoms with Crippen molar-refractivity contribution in [3.8, 4) is 0 Å². The van der Waals surface area contributed by atoms with Crippen LogP contribution >= 0.6 is 0 Å². The van der Waals surface area contributed by atoms with Crippen molar-refractivity contribution < 1.29 is 22.1 Å². The Labute approximate surface area is 136 Å². The van der Waals surface area contributed by atoms with Crippen molar-refractivity contribution in [2.45, 2.75) is 4.90 Å². The van der Waals surface area contributed by atoms with Crippen molar-refractivity contribution in [3.05, 3.63) is 64.2 Å². The lowest BCUT2D eigenvalue weighted by Gasteiger charge is -2.10. The van der Waals surface area contributed by atoms with Gasteiger partial charge in [0.15, 0.2) is 4.90 Å². The van der Waals surface area contributed by atoms with Gasteiger partial charge < -0.3 is 5.32 Å². The first kappa shape index (κ1) is 17.8. The summed E-state index contributed by atoms with van der Waals surface area (Å²) < 4.78 is 52.9. The van der Waals surface area contributed by atoms with Crippen LogP contribution in [0.25, 0.3) is 0 Å². The van der Waals surface area contributed by atoms with Crippen molar-refractivity contribution in [2.75, 3.05) is 18.4 Å². The summed E-state index contributed by atoms with van der Waals surface area (Å²) >= 11 is 0. The van der Waals surface area contributed by atoms with Crippen LogP contribution in [0.3, 0.4) is 0 Å². The average Bonchev–Trinajstić information content (AvgIpc) is 2.51. The van der Waals surface area contributed by atoms with E-state index in [1.165, 1.54) is 24.3 Å². The van der Waals surface area contributed by atoms with Crippen LogP contribution < -0.4 is 10.0 Å². The number of sulfonamides is 1. The van der Waals surface area contributed by atoms with Crippen molar-refractivity contribution >= 4 is 21.4 Å². The predicted molar refractivity (Wildman–Crippen MR) is 83.1 cm³/mol. The summed E-state index contributed by atoms with van der Waals surface area (Å²) in [6.07, 6.45) is 0. The Balaban J connectivity index is 1.93. The van der Waals surface area contributed by atoms with Gasteiger partial charge >= 0.3 is 0 Å². The minimum absolute atomic E-state index is 0.0729. The maximum absolute atomic E-state index is 13.5. The summed E-state index contributed by atoms with van der Waals surface area (Å²) in [7, 11) is -4.32. The second kappa shape index (κ2) is 7.32. The van der Waals surface area contributed by atoms with Crippen LogP contribution in [0.1, 0.15) is 0 Å². The first-order valence-electron chi connectivity index (χ1n) is 6.73. The number of nitrogens with one attached hydrogen (secondary N) is 2. The van der Waals surface area contributed by atoms with E-state index in [9.17, 15) is 27.3 Å². The summed E-state index contributed by atoms with van der Waals surface area (Å²) in [5.74, 6) is -2.35. The van der Waals surface area contributed by atoms with E-state index in [1.54, 1.807) is 0 Å². The van der Waals surface area contributed by atoms with Crippen LogP contribution in [0, 0.1) is 21.7 Å². The zero-order valence-corrected chi connectivity index (χ0v) is 13.0. The molecule has 2 aromatic carbocycles. The highest BCUT2D eigenvalue weighted by atomic mass is 32.2. The summed E-state index contributed by atoms with van der Waals surface area (Å²) in [6.45, 7) is -0.0137. The molecule has 10 heteroatoms. The minimum Gasteiger partial charge on any atom is -0.384 e. The van der Waals surface area contributed by atoms with Gasteiger partial charge in [0.25, 0.3) is 5.69 Å². The number of hydrogen-bond acceptors (Lipinski definition) is 5. The van der Waals surface area contributed by atoms with E-state index in [0.717, 1.165) is 18.2 Å². The van der Waals surface area contributed by atoms with Gasteiger partial charge in [-0.1, -0.05) is 6.07 Å². The third kappa shape index (κ3) is 4.24. The maximum Gasteiger partial charge on any atom is 0.269 e. The molecule has 0 heterocycles. The molecule has 0 aromatic heterocycles. The molecular formula is C14H13F2N3O4S. The molecule has 0 aliphatic heterocycles. The lowest BCUT2D eigenvalue weighted by Crippen LogP contribution is -2.30. The molecule has 0 aliphatic rings. The summed E-state index contributed by atoms with van der Waals surface area (Å²) in [5, 5.41) is 13.3. The van der Waals surface area contributed by atoms with Crippen LogP contribution in [-0.2, 0) is 10.0 Å². The number of non-ortho nitro benzene ring substituents is 1. The Bertz CT molecular complexity index is 821. The van der Waals surface area contributed by atoms with Crippen LogP contribution in [0.2, 0.25) is 0 Å². The molecule has 2 rings (SSSR count). The number of anilines is 1.